The van der Waals surface area contributed by atoms with Crippen LogP contribution in [-0.4, -0.2) is 22.8 Å². The number of ether oxygens (including phenoxy) is 1. The summed E-state index contributed by atoms with van der Waals surface area (Å²) >= 11 is 11.0. The minimum absolute atomic E-state index is 0.0800. The third-order valence-electron chi connectivity index (χ3n) is 3.02. The second-order valence-corrected chi connectivity index (χ2v) is 5.70. The fourth-order valence-corrected chi connectivity index (χ4v) is 2.17. The molecule has 0 amide bonds. The Hall–Kier alpha value is -2.97. The van der Waals surface area contributed by atoms with Crippen LogP contribution < -0.4 is 15.5 Å². The third-order valence-corrected chi connectivity index (χ3v) is 3.57. The highest BCUT2D eigenvalue weighted by atomic mass is 35.5. The second-order valence-electron chi connectivity index (χ2n) is 4.89. The lowest BCUT2D eigenvalue weighted by Crippen LogP contribution is -2.31. The summed E-state index contributed by atoms with van der Waals surface area (Å²) < 4.78 is 5.57. The van der Waals surface area contributed by atoms with Crippen molar-refractivity contribution in [1.82, 2.24) is 10.7 Å². The molecule has 0 saturated heterocycles. The fraction of sp³-hybridized carbons (Fsp3) is 0.0588. The van der Waals surface area contributed by atoms with E-state index in [4.69, 9.17) is 28.6 Å². The van der Waals surface area contributed by atoms with Crippen LogP contribution in [0.25, 0.3) is 0 Å². The lowest BCUT2D eigenvalue weighted by Gasteiger charge is -2.08. The van der Waals surface area contributed by atoms with Gasteiger partial charge in [-0.3, -0.25) is 15.5 Å². The maximum atomic E-state index is 11.3. The smallest absolute Gasteiger partial charge is 0.312 e. The van der Waals surface area contributed by atoms with Gasteiger partial charge in [0.15, 0.2) is 5.11 Å². The number of nitrogens with zero attached hydrogens (tertiary/aromatic N) is 2. The molecular formula is C17H15ClN4O3S. The van der Waals surface area contributed by atoms with E-state index in [1.165, 1.54) is 18.3 Å². The van der Waals surface area contributed by atoms with Crippen molar-refractivity contribution < 1.29 is 9.66 Å². The predicted octanol–water partition coefficient (Wildman–Crippen LogP) is 4.02. The summed E-state index contributed by atoms with van der Waals surface area (Å²) in [6.45, 7) is 4.06. The van der Waals surface area contributed by atoms with Crippen LogP contribution in [0.1, 0.15) is 5.56 Å². The number of thiocarbonyl (C=S) groups is 1. The molecule has 0 saturated carbocycles. The Morgan fingerprint density at radius 1 is 1.35 bits per heavy atom. The molecule has 0 heterocycles. The van der Waals surface area contributed by atoms with Crippen molar-refractivity contribution in [2.45, 2.75) is 0 Å². The first-order valence-electron chi connectivity index (χ1n) is 7.40. The number of nitro benzene ring substituents is 1. The quantitative estimate of drug-likeness (QED) is 0.244. The molecule has 0 unspecified atom stereocenters. The van der Waals surface area contributed by atoms with Crippen molar-refractivity contribution in [3.05, 3.63) is 75.8 Å². The van der Waals surface area contributed by atoms with E-state index in [1.807, 2.05) is 0 Å². The van der Waals surface area contributed by atoms with Crippen LogP contribution in [0.4, 0.5) is 5.69 Å². The monoisotopic (exact) mass is 390 g/mol. The van der Waals surface area contributed by atoms with Gasteiger partial charge in [0, 0.05) is 18.2 Å². The Bertz CT molecular complexity index is 858. The minimum Gasteiger partial charge on any atom is -0.449 e. The molecule has 0 fully saturated rings. The highest BCUT2D eigenvalue weighted by molar-refractivity contribution is 7.80. The zero-order chi connectivity index (χ0) is 18.9. The average molecular weight is 391 g/mol. The van der Waals surface area contributed by atoms with Crippen LogP contribution in [0.15, 0.2) is 60.2 Å². The molecule has 0 aliphatic heterocycles. The molecule has 26 heavy (non-hydrogen) atoms. The lowest BCUT2D eigenvalue weighted by molar-refractivity contribution is -0.385. The Morgan fingerprint density at radius 3 is 2.81 bits per heavy atom. The van der Waals surface area contributed by atoms with Gasteiger partial charge in [0.1, 0.15) is 5.75 Å². The summed E-state index contributed by atoms with van der Waals surface area (Å²) in [5, 5.41) is 18.8. The summed E-state index contributed by atoms with van der Waals surface area (Å²) in [5.41, 5.74) is 2.89. The Labute approximate surface area is 160 Å². The van der Waals surface area contributed by atoms with Crippen molar-refractivity contribution in [3.63, 3.8) is 0 Å². The van der Waals surface area contributed by atoms with Gasteiger partial charge >= 0.3 is 5.69 Å². The number of halogens is 1. The molecule has 0 atom stereocenters. The highest BCUT2D eigenvalue weighted by Gasteiger charge is 2.17. The second kappa shape index (κ2) is 9.50. The van der Waals surface area contributed by atoms with E-state index in [-0.39, 0.29) is 11.4 Å². The van der Waals surface area contributed by atoms with E-state index in [2.05, 4.69) is 22.4 Å². The van der Waals surface area contributed by atoms with Gasteiger partial charge in [0.25, 0.3) is 0 Å². The average Bonchev–Trinajstić information content (AvgIpc) is 2.62. The summed E-state index contributed by atoms with van der Waals surface area (Å²) in [6.07, 6.45) is 3.06. The number of para-hydroxylation sites is 1. The fourth-order valence-electron chi connectivity index (χ4n) is 1.86. The summed E-state index contributed by atoms with van der Waals surface area (Å²) in [7, 11) is 0. The number of benzene rings is 2. The number of nitrogens with one attached hydrogen (secondary N) is 2. The SMILES string of the molecule is C=CCNC(=S)N/N=C\c1ccc(Oc2ccccc2Cl)c([N+](=O)[O-])c1. The number of hydrogen-bond donors (Lipinski definition) is 2. The molecule has 0 radical (unpaired) electrons. The molecule has 2 aromatic carbocycles. The van der Waals surface area contributed by atoms with E-state index in [0.29, 0.717) is 28.0 Å². The normalized spacial score (nSPS) is 10.3. The molecule has 134 valence electrons. The van der Waals surface area contributed by atoms with Gasteiger partial charge in [-0.05, 0) is 36.5 Å². The largest absolute Gasteiger partial charge is 0.449 e. The van der Waals surface area contributed by atoms with Crippen LogP contribution in [0, 0.1) is 10.1 Å². The van der Waals surface area contributed by atoms with Gasteiger partial charge < -0.3 is 10.1 Å². The number of nitro groups is 1. The minimum atomic E-state index is -0.535. The van der Waals surface area contributed by atoms with Gasteiger partial charge in [-0.2, -0.15) is 5.10 Å². The van der Waals surface area contributed by atoms with Crippen LogP contribution in [0.5, 0.6) is 11.5 Å². The first-order valence-corrected chi connectivity index (χ1v) is 8.18. The van der Waals surface area contributed by atoms with E-state index >= 15 is 0 Å². The summed E-state index contributed by atoms with van der Waals surface area (Å²) in [6, 6.07) is 11.2. The first kappa shape index (κ1) is 19.4. The van der Waals surface area contributed by atoms with E-state index in [0.717, 1.165) is 0 Å². The van der Waals surface area contributed by atoms with Gasteiger partial charge in [0.05, 0.1) is 16.2 Å². The van der Waals surface area contributed by atoms with Gasteiger partial charge in [0.2, 0.25) is 5.75 Å². The van der Waals surface area contributed by atoms with Gasteiger partial charge in [-0.1, -0.05) is 29.8 Å². The van der Waals surface area contributed by atoms with Gasteiger partial charge in [-0.25, -0.2) is 0 Å². The van der Waals surface area contributed by atoms with Crippen molar-refractivity contribution in [2.24, 2.45) is 5.10 Å². The van der Waals surface area contributed by atoms with E-state index < -0.39 is 4.92 Å². The topological polar surface area (TPSA) is 88.8 Å². The molecule has 2 rings (SSSR count). The van der Waals surface area contributed by atoms with Gasteiger partial charge in [-0.15, -0.1) is 6.58 Å². The standard InChI is InChI=1S/C17H15ClN4O3S/c1-2-9-19-17(26)21-20-11-12-7-8-16(14(10-12)22(23)24)25-15-6-4-3-5-13(15)18/h2-8,10-11H,1,9H2,(H2,19,21,26)/b20-11-. The summed E-state index contributed by atoms with van der Waals surface area (Å²) in [5.74, 6) is 0.412. The molecule has 0 aliphatic carbocycles. The van der Waals surface area contributed by atoms with Crippen molar-refractivity contribution in [1.29, 1.82) is 0 Å². The number of hydrazone groups is 1. The molecule has 9 heteroatoms. The first-order chi connectivity index (χ1) is 12.5. The van der Waals surface area contributed by atoms with E-state index in [9.17, 15) is 10.1 Å². The molecule has 0 aromatic heterocycles. The Kier molecular flexibility index (Phi) is 7.07. The molecule has 2 N–H and O–H groups in total. The Morgan fingerprint density at radius 2 is 2.12 bits per heavy atom. The zero-order valence-electron chi connectivity index (χ0n) is 13.5. The molecule has 0 spiro atoms. The Balaban J connectivity index is 2.15. The molecular weight excluding hydrogens is 376 g/mol. The van der Waals surface area contributed by atoms with Crippen LogP contribution in [0.2, 0.25) is 5.02 Å². The maximum absolute atomic E-state index is 11.3. The van der Waals surface area contributed by atoms with Crippen LogP contribution in [0.3, 0.4) is 0 Å². The lowest BCUT2D eigenvalue weighted by atomic mass is 10.2. The molecule has 0 bridgehead atoms. The highest BCUT2D eigenvalue weighted by Crippen LogP contribution is 2.34. The van der Waals surface area contributed by atoms with Crippen molar-refractivity contribution >= 4 is 40.8 Å². The number of rotatable bonds is 7. The third kappa shape index (κ3) is 5.54. The maximum Gasteiger partial charge on any atom is 0.312 e. The molecule has 7 nitrogen and oxygen atoms in total. The summed E-state index contributed by atoms with van der Waals surface area (Å²) in [4.78, 5) is 10.8. The number of hydrogen-bond acceptors (Lipinski definition) is 5. The van der Waals surface area contributed by atoms with Crippen LogP contribution >= 0.6 is 23.8 Å². The van der Waals surface area contributed by atoms with Crippen molar-refractivity contribution in [2.75, 3.05) is 6.54 Å². The van der Waals surface area contributed by atoms with Crippen molar-refractivity contribution in [3.8, 4) is 11.5 Å². The van der Waals surface area contributed by atoms with E-state index in [1.54, 1.807) is 36.4 Å². The zero-order valence-corrected chi connectivity index (χ0v) is 15.1. The van der Waals surface area contributed by atoms with Crippen LogP contribution in [-0.2, 0) is 0 Å². The predicted molar refractivity (Wildman–Crippen MR) is 106 cm³/mol. The molecule has 0 aliphatic rings. The molecule has 2 aromatic rings.